The molecule has 2 heterocycles. The van der Waals surface area contributed by atoms with Crippen LogP contribution in [0.3, 0.4) is 0 Å². The second kappa shape index (κ2) is 6.05. The lowest BCUT2D eigenvalue weighted by atomic mass is 10.1. The molecule has 2 rings (SSSR count). The first-order chi connectivity index (χ1) is 8.97. The molecule has 0 aliphatic carbocycles. The molecular weight excluding hydrogens is 328 g/mol. The molecule has 1 aliphatic heterocycles. The highest BCUT2D eigenvalue weighted by Gasteiger charge is 2.32. The van der Waals surface area contributed by atoms with Gasteiger partial charge in [0.15, 0.2) is 5.12 Å². The molecule has 0 bridgehead atoms. The van der Waals surface area contributed by atoms with Gasteiger partial charge in [-0.3, -0.25) is 14.5 Å². The van der Waals surface area contributed by atoms with E-state index in [0.29, 0.717) is 24.5 Å². The highest BCUT2D eigenvalue weighted by molar-refractivity contribution is 9.10. The van der Waals surface area contributed by atoms with Gasteiger partial charge in [-0.1, -0.05) is 11.8 Å². The Labute approximate surface area is 125 Å². The van der Waals surface area contributed by atoms with Crippen LogP contribution in [0, 0.1) is 12.8 Å². The van der Waals surface area contributed by atoms with Crippen molar-refractivity contribution in [1.82, 2.24) is 4.98 Å². The summed E-state index contributed by atoms with van der Waals surface area (Å²) >= 11 is 4.74. The van der Waals surface area contributed by atoms with Gasteiger partial charge in [0.2, 0.25) is 5.91 Å². The van der Waals surface area contributed by atoms with Crippen LogP contribution in [0.25, 0.3) is 0 Å². The van der Waals surface area contributed by atoms with E-state index in [-0.39, 0.29) is 16.9 Å². The molecule has 0 spiro atoms. The standard InChI is InChI=1S/C13H15BrN2O2S/c1-8-3-11(14)13(15-5-8)16-6-10(4-12(16)18)7-19-9(2)17/h3,5,10H,4,6-7H2,1-2H3. The van der Waals surface area contributed by atoms with Crippen LogP contribution in [-0.4, -0.2) is 28.3 Å². The van der Waals surface area contributed by atoms with Crippen LogP contribution < -0.4 is 4.90 Å². The number of aryl methyl sites for hydroxylation is 1. The summed E-state index contributed by atoms with van der Waals surface area (Å²) < 4.78 is 0.834. The van der Waals surface area contributed by atoms with Gasteiger partial charge < -0.3 is 0 Å². The van der Waals surface area contributed by atoms with E-state index in [1.807, 2.05) is 13.0 Å². The van der Waals surface area contributed by atoms with Crippen molar-refractivity contribution in [3.05, 3.63) is 22.3 Å². The van der Waals surface area contributed by atoms with Gasteiger partial charge in [0, 0.05) is 31.8 Å². The first kappa shape index (κ1) is 14.5. The molecule has 1 fully saturated rings. The van der Waals surface area contributed by atoms with E-state index in [0.717, 1.165) is 10.0 Å². The van der Waals surface area contributed by atoms with Gasteiger partial charge in [-0.25, -0.2) is 4.98 Å². The minimum Gasteiger partial charge on any atom is -0.296 e. The average Bonchev–Trinajstić information content (AvgIpc) is 2.68. The zero-order valence-electron chi connectivity index (χ0n) is 10.9. The number of anilines is 1. The lowest BCUT2D eigenvalue weighted by molar-refractivity contribution is -0.117. The Morgan fingerprint density at radius 1 is 1.63 bits per heavy atom. The van der Waals surface area contributed by atoms with E-state index in [1.165, 1.54) is 11.8 Å². The topological polar surface area (TPSA) is 50.3 Å². The van der Waals surface area contributed by atoms with Crippen LogP contribution in [0.2, 0.25) is 0 Å². The zero-order chi connectivity index (χ0) is 14.0. The minimum absolute atomic E-state index is 0.0752. The number of hydrogen-bond acceptors (Lipinski definition) is 4. The summed E-state index contributed by atoms with van der Waals surface area (Å²) in [6, 6.07) is 1.95. The van der Waals surface area contributed by atoms with E-state index in [1.54, 1.807) is 18.0 Å². The Balaban J connectivity index is 2.09. The van der Waals surface area contributed by atoms with Crippen molar-refractivity contribution in [2.45, 2.75) is 20.3 Å². The smallest absolute Gasteiger partial charge is 0.228 e. The average molecular weight is 343 g/mol. The number of carbonyl (C=O) groups is 2. The Morgan fingerprint density at radius 3 is 3.00 bits per heavy atom. The van der Waals surface area contributed by atoms with E-state index < -0.39 is 0 Å². The SMILES string of the molecule is CC(=O)SCC1CC(=O)N(c2ncc(C)cc2Br)C1. The van der Waals surface area contributed by atoms with Crippen LogP contribution in [-0.2, 0) is 9.59 Å². The third-order valence-electron chi connectivity index (χ3n) is 2.94. The van der Waals surface area contributed by atoms with Crippen LogP contribution in [0.1, 0.15) is 18.9 Å². The first-order valence-corrected chi connectivity index (χ1v) is 7.81. The van der Waals surface area contributed by atoms with Gasteiger partial charge >= 0.3 is 0 Å². The van der Waals surface area contributed by atoms with Crippen LogP contribution >= 0.6 is 27.7 Å². The summed E-state index contributed by atoms with van der Waals surface area (Å²) in [7, 11) is 0. The Kier molecular flexibility index (Phi) is 4.62. The molecule has 6 heteroatoms. The maximum absolute atomic E-state index is 12.0. The fourth-order valence-electron chi connectivity index (χ4n) is 2.06. The van der Waals surface area contributed by atoms with Gasteiger partial charge in [-0.05, 0) is 40.4 Å². The van der Waals surface area contributed by atoms with E-state index in [9.17, 15) is 9.59 Å². The lowest BCUT2D eigenvalue weighted by Gasteiger charge is -2.17. The minimum atomic E-state index is 0.0752. The summed E-state index contributed by atoms with van der Waals surface area (Å²) in [5.74, 6) is 1.66. The monoisotopic (exact) mass is 342 g/mol. The number of pyridine rings is 1. The molecular formula is C13H15BrN2O2S. The van der Waals surface area contributed by atoms with Gasteiger partial charge in [0.1, 0.15) is 5.82 Å². The Hall–Kier alpha value is -0.880. The number of halogens is 1. The fourth-order valence-corrected chi connectivity index (χ4v) is 3.43. The molecule has 1 saturated heterocycles. The van der Waals surface area contributed by atoms with Gasteiger partial charge in [0.25, 0.3) is 0 Å². The third kappa shape index (κ3) is 3.57. The summed E-state index contributed by atoms with van der Waals surface area (Å²) in [4.78, 5) is 29.0. The number of carbonyl (C=O) groups excluding carboxylic acids is 2. The van der Waals surface area contributed by atoms with E-state index >= 15 is 0 Å². The second-order valence-electron chi connectivity index (χ2n) is 4.70. The molecule has 0 saturated carbocycles. The fraction of sp³-hybridized carbons (Fsp3) is 0.462. The molecule has 1 amide bonds. The maximum Gasteiger partial charge on any atom is 0.228 e. The van der Waals surface area contributed by atoms with Gasteiger partial charge in [-0.15, -0.1) is 0 Å². The molecule has 4 nitrogen and oxygen atoms in total. The highest BCUT2D eigenvalue weighted by Crippen LogP contribution is 2.31. The van der Waals surface area contributed by atoms with Crippen molar-refractivity contribution in [2.75, 3.05) is 17.2 Å². The highest BCUT2D eigenvalue weighted by atomic mass is 79.9. The predicted molar refractivity (Wildman–Crippen MR) is 80.3 cm³/mol. The second-order valence-corrected chi connectivity index (χ2v) is 6.75. The zero-order valence-corrected chi connectivity index (χ0v) is 13.3. The third-order valence-corrected chi connectivity index (χ3v) is 4.57. The normalized spacial score (nSPS) is 19.0. The molecule has 1 aromatic rings. The molecule has 1 atom stereocenters. The van der Waals surface area contributed by atoms with Crippen LogP contribution in [0.5, 0.6) is 0 Å². The summed E-state index contributed by atoms with van der Waals surface area (Å²) in [6.07, 6.45) is 2.24. The van der Waals surface area contributed by atoms with Crippen LogP contribution in [0.15, 0.2) is 16.7 Å². The number of hydrogen-bond donors (Lipinski definition) is 0. The molecule has 19 heavy (non-hydrogen) atoms. The first-order valence-electron chi connectivity index (χ1n) is 6.03. The molecule has 1 aromatic heterocycles. The number of rotatable bonds is 3. The Morgan fingerprint density at radius 2 is 2.37 bits per heavy atom. The molecule has 0 radical (unpaired) electrons. The molecule has 1 aliphatic rings. The molecule has 0 aromatic carbocycles. The molecule has 0 N–H and O–H groups in total. The summed E-state index contributed by atoms with van der Waals surface area (Å²) in [6.45, 7) is 4.14. The number of aromatic nitrogens is 1. The number of amides is 1. The predicted octanol–water partition coefficient (Wildman–Crippen LogP) is 2.79. The quantitative estimate of drug-likeness (QED) is 0.847. The van der Waals surface area contributed by atoms with E-state index in [2.05, 4.69) is 20.9 Å². The lowest BCUT2D eigenvalue weighted by Crippen LogP contribution is -2.26. The van der Waals surface area contributed by atoms with Crippen molar-refractivity contribution in [1.29, 1.82) is 0 Å². The van der Waals surface area contributed by atoms with E-state index in [4.69, 9.17) is 0 Å². The van der Waals surface area contributed by atoms with Crippen molar-refractivity contribution in [3.63, 3.8) is 0 Å². The van der Waals surface area contributed by atoms with Crippen molar-refractivity contribution in [2.24, 2.45) is 5.92 Å². The summed E-state index contributed by atoms with van der Waals surface area (Å²) in [5, 5.41) is 0.0977. The van der Waals surface area contributed by atoms with Crippen molar-refractivity contribution in [3.8, 4) is 0 Å². The molecule has 102 valence electrons. The van der Waals surface area contributed by atoms with Gasteiger partial charge in [-0.2, -0.15) is 0 Å². The maximum atomic E-state index is 12.0. The van der Waals surface area contributed by atoms with Gasteiger partial charge in [0.05, 0.1) is 4.47 Å². The Bertz CT molecular complexity index is 521. The largest absolute Gasteiger partial charge is 0.296 e. The molecule has 1 unspecified atom stereocenters. The van der Waals surface area contributed by atoms with Crippen molar-refractivity contribution < 1.29 is 9.59 Å². The summed E-state index contributed by atoms with van der Waals surface area (Å²) in [5.41, 5.74) is 1.05. The van der Waals surface area contributed by atoms with Crippen LogP contribution in [0.4, 0.5) is 5.82 Å². The number of nitrogens with zero attached hydrogens (tertiary/aromatic N) is 2. The number of thioether (sulfide) groups is 1. The van der Waals surface area contributed by atoms with Crippen molar-refractivity contribution >= 4 is 44.5 Å².